The van der Waals surface area contributed by atoms with Gasteiger partial charge in [0, 0.05) is 6.20 Å². The molecule has 2 heterocycles. The highest BCUT2D eigenvalue weighted by atomic mass is 16.6. The van der Waals surface area contributed by atoms with Gasteiger partial charge in [-0.1, -0.05) is 0 Å². The van der Waals surface area contributed by atoms with Crippen LogP contribution < -0.4 is 0 Å². The van der Waals surface area contributed by atoms with E-state index in [1.165, 1.54) is 5.01 Å². The van der Waals surface area contributed by atoms with Crippen molar-refractivity contribution < 1.29 is 9.53 Å². The second-order valence-electron chi connectivity index (χ2n) is 2.61. The molecule has 0 bridgehead atoms. The van der Waals surface area contributed by atoms with Gasteiger partial charge in [0.25, 0.3) is 0 Å². The van der Waals surface area contributed by atoms with Crippen LogP contribution in [-0.4, -0.2) is 35.5 Å². The molecule has 0 aliphatic carbocycles. The topological polar surface area (TPSA) is 57.7 Å². The number of rotatable bonds is 2. The third kappa shape index (κ3) is 1.69. The minimum atomic E-state index is -0.386. The van der Waals surface area contributed by atoms with Gasteiger partial charge in [-0.05, 0) is 12.1 Å². The molecule has 1 N–H and O–H groups in total. The molecular formula is C8H9N3O2. The van der Waals surface area contributed by atoms with Crippen LogP contribution in [0.2, 0.25) is 0 Å². The van der Waals surface area contributed by atoms with Gasteiger partial charge in [-0.15, -0.1) is 0 Å². The van der Waals surface area contributed by atoms with Gasteiger partial charge in [0.15, 0.2) is 0 Å². The van der Waals surface area contributed by atoms with E-state index in [-0.39, 0.29) is 6.09 Å². The van der Waals surface area contributed by atoms with E-state index in [2.05, 4.69) is 10.1 Å². The second kappa shape index (κ2) is 3.30. The molecule has 0 radical (unpaired) electrons. The molecule has 5 heteroatoms. The summed E-state index contributed by atoms with van der Waals surface area (Å²) >= 11 is 0. The van der Waals surface area contributed by atoms with Gasteiger partial charge in [0.2, 0.25) is 0 Å². The number of H-pyrrole nitrogens is 1. The predicted octanol–water partition coefficient (Wildman–Crippen LogP) is 0.801. The highest BCUT2D eigenvalue weighted by Gasteiger charge is 2.20. The summed E-state index contributed by atoms with van der Waals surface area (Å²) in [4.78, 5) is 13.9. The van der Waals surface area contributed by atoms with Crippen LogP contribution in [0.15, 0.2) is 23.4 Å². The molecule has 0 aromatic carbocycles. The van der Waals surface area contributed by atoms with E-state index in [4.69, 9.17) is 4.74 Å². The van der Waals surface area contributed by atoms with Gasteiger partial charge in [-0.25, -0.2) is 4.79 Å². The number of nitrogens with one attached hydrogen (secondary N) is 1. The molecule has 1 amide bonds. The fraction of sp³-hybridized carbons (Fsp3) is 0.250. The quantitative estimate of drug-likeness (QED) is 0.682. The third-order valence-electron chi connectivity index (χ3n) is 1.70. The maximum absolute atomic E-state index is 10.9. The Morgan fingerprint density at radius 1 is 1.69 bits per heavy atom. The molecule has 1 aliphatic heterocycles. The molecule has 2 rings (SSSR count). The van der Waals surface area contributed by atoms with Gasteiger partial charge >= 0.3 is 6.09 Å². The Labute approximate surface area is 75.0 Å². The molecule has 0 saturated carbocycles. The highest BCUT2D eigenvalue weighted by Crippen LogP contribution is 2.03. The van der Waals surface area contributed by atoms with E-state index >= 15 is 0 Å². The molecule has 0 spiro atoms. The maximum Gasteiger partial charge on any atom is 0.430 e. The lowest BCUT2D eigenvalue weighted by Crippen LogP contribution is -2.17. The lowest BCUT2D eigenvalue weighted by molar-refractivity contribution is 0.159. The molecule has 68 valence electrons. The van der Waals surface area contributed by atoms with E-state index in [9.17, 15) is 4.79 Å². The van der Waals surface area contributed by atoms with Crippen LogP contribution in [0.25, 0.3) is 0 Å². The number of carbonyl (C=O) groups is 1. The van der Waals surface area contributed by atoms with Crippen LogP contribution in [0.1, 0.15) is 5.69 Å². The number of ether oxygens (including phenoxy) is 1. The van der Waals surface area contributed by atoms with Crippen molar-refractivity contribution in [2.75, 3.05) is 13.2 Å². The van der Waals surface area contributed by atoms with Crippen molar-refractivity contribution in [3.63, 3.8) is 0 Å². The van der Waals surface area contributed by atoms with Crippen LogP contribution in [0.3, 0.4) is 0 Å². The van der Waals surface area contributed by atoms with Crippen molar-refractivity contribution in [3.8, 4) is 0 Å². The van der Waals surface area contributed by atoms with Gasteiger partial charge in [-0.2, -0.15) is 10.1 Å². The lowest BCUT2D eigenvalue weighted by atomic mass is 10.5. The zero-order valence-corrected chi connectivity index (χ0v) is 6.93. The van der Waals surface area contributed by atoms with Crippen LogP contribution in [0, 0.1) is 0 Å². The molecule has 1 saturated heterocycles. The first kappa shape index (κ1) is 7.85. The van der Waals surface area contributed by atoms with Crippen molar-refractivity contribution in [1.82, 2.24) is 9.99 Å². The molecule has 5 nitrogen and oxygen atoms in total. The van der Waals surface area contributed by atoms with E-state index < -0.39 is 0 Å². The largest absolute Gasteiger partial charge is 0.446 e. The normalized spacial score (nSPS) is 16.9. The smallest absolute Gasteiger partial charge is 0.430 e. The average Bonchev–Trinajstić information content (AvgIpc) is 2.72. The molecule has 1 aromatic heterocycles. The second-order valence-corrected chi connectivity index (χ2v) is 2.61. The minimum absolute atomic E-state index is 0.386. The molecule has 0 atom stereocenters. The highest BCUT2D eigenvalue weighted by molar-refractivity contribution is 5.79. The molecular weight excluding hydrogens is 170 g/mol. The Balaban J connectivity index is 2.01. The Hall–Kier alpha value is -1.78. The average molecular weight is 179 g/mol. The van der Waals surface area contributed by atoms with E-state index in [1.54, 1.807) is 12.4 Å². The van der Waals surface area contributed by atoms with Crippen LogP contribution >= 0.6 is 0 Å². The Bertz CT molecular complexity index is 318. The first-order valence-corrected chi connectivity index (χ1v) is 3.98. The van der Waals surface area contributed by atoms with Crippen molar-refractivity contribution in [2.24, 2.45) is 5.10 Å². The summed E-state index contributed by atoms with van der Waals surface area (Å²) in [6, 6.07) is 3.73. The summed E-state index contributed by atoms with van der Waals surface area (Å²) in [7, 11) is 0. The maximum atomic E-state index is 10.9. The number of amides is 1. The number of hydrazone groups is 1. The predicted molar refractivity (Wildman–Crippen MR) is 46.4 cm³/mol. The van der Waals surface area contributed by atoms with Crippen LogP contribution in [0.4, 0.5) is 4.79 Å². The first-order chi connectivity index (χ1) is 6.36. The summed E-state index contributed by atoms with van der Waals surface area (Å²) in [5.74, 6) is 0. The van der Waals surface area contributed by atoms with Crippen molar-refractivity contribution in [2.45, 2.75) is 0 Å². The summed E-state index contributed by atoms with van der Waals surface area (Å²) in [5, 5.41) is 5.24. The van der Waals surface area contributed by atoms with Gasteiger partial charge < -0.3 is 9.72 Å². The molecule has 13 heavy (non-hydrogen) atoms. The Morgan fingerprint density at radius 2 is 2.62 bits per heavy atom. The number of hydrogen-bond acceptors (Lipinski definition) is 3. The first-order valence-electron chi connectivity index (χ1n) is 3.98. The molecule has 1 fully saturated rings. The summed E-state index contributed by atoms with van der Waals surface area (Å²) in [6.45, 7) is 0.941. The van der Waals surface area contributed by atoms with E-state index in [0.29, 0.717) is 13.2 Å². The number of hydrogen-bond donors (Lipinski definition) is 1. The van der Waals surface area contributed by atoms with Gasteiger partial charge in [0.1, 0.15) is 6.61 Å². The zero-order chi connectivity index (χ0) is 9.10. The fourth-order valence-electron chi connectivity index (χ4n) is 1.05. The monoisotopic (exact) mass is 179 g/mol. The van der Waals surface area contributed by atoms with Crippen molar-refractivity contribution >= 4 is 12.3 Å². The van der Waals surface area contributed by atoms with Crippen LogP contribution in [0.5, 0.6) is 0 Å². The van der Waals surface area contributed by atoms with Gasteiger partial charge in [-0.3, -0.25) is 0 Å². The number of aromatic amines is 1. The van der Waals surface area contributed by atoms with Gasteiger partial charge in [0.05, 0.1) is 18.5 Å². The minimum Gasteiger partial charge on any atom is -0.446 e. The number of cyclic esters (lactones) is 1. The lowest BCUT2D eigenvalue weighted by Gasteiger charge is -2.02. The Morgan fingerprint density at radius 3 is 3.23 bits per heavy atom. The number of aromatic nitrogens is 1. The SMILES string of the molecule is O=C1OCCN1/N=C/c1ccc[nH]1. The zero-order valence-electron chi connectivity index (χ0n) is 6.93. The molecule has 1 aromatic rings. The summed E-state index contributed by atoms with van der Waals surface area (Å²) in [5.41, 5.74) is 0.861. The number of nitrogens with zero attached hydrogens (tertiary/aromatic N) is 2. The Kier molecular flexibility index (Phi) is 1.99. The van der Waals surface area contributed by atoms with Crippen molar-refractivity contribution in [3.05, 3.63) is 24.0 Å². The number of carbonyl (C=O) groups excluding carboxylic acids is 1. The van der Waals surface area contributed by atoms with Crippen molar-refractivity contribution in [1.29, 1.82) is 0 Å². The molecule has 0 unspecified atom stereocenters. The third-order valence-corrected chi connectivity index (χ3v) is 1.70. The summed E-state index contributed by atoms with van der Waals surface area (Å²) < 4.78 is 4.70. The van der Waals surface area contributed by atoms with E-state index in [0.717, 1.165) is 5.69 Å². The molecule has 1 aliphatic rings. The van der Waals surface area contributed by atoms with Crippen LogP contribution in [-0.2, 0) is 4.74 Å². The fourth-order valence-corrected chi connectivity index (χ4v) is 1.05. The summed E-state index contributed by atoms with van der Waals surface area (Å²) in [6.07, 6.45) is 3.00. The standard InChI is InChI=1S/C8H9N3O2/c12-8-11(4-5-13-8)10-6-7-2-1-3-9-7/h1-3,6,9H,4-5H2/b10-6+. The van der Waals surface area contributed by atoms with E-state index in [1.807, 2.05) is 12.1 Å².